The molecular weight excluding hydrogens is 744 g/mol. The first-order valence-corrected chi connectivity index (χ1v) is 19.0. The minimum absolute atomic E-state index is 0.0249. The number of amides is 6. The number of guanidine groups is 1. The number of nitrogens with one attached hydrogen (secondary N) is 5. The van der Waals surface area contributed by atoms with Gasteiger partial charge >= 0.3 is 5.97 Å². The number of rotatable bonds is 22. The van der Waals surface area contributed by atoms with Gasteiger partial charge in [-0.25, -0.2) is 4.79 Å². The number of nitrogens with zero attached hydrogens (tertiary/aromatic N) is 2. The number of benzene rings is 1. The van der Waals surface area contributed by atoms with Gasteiger partial charge in [-0.2, -0.15) is 0 Å². The predicted molar refractivity (Wildman–Crippen MR) is 209 cm³/mol. The first kappa shape index (κ1) is 47.8. The van der Waals surface area contributed by atoms with Gasteiger partial charge < -0.3 is 64.0 Å². The summed E-state index contributed by atoms with van der Waals surface area (Å²) < 4.78 is 0. The fourth-order valence-electron chi connectivity index (χ4n) is 6.13. The van der Waals surface area contributed by atoms with E-state index in [2.05, 4.69) is 31.6 Å². The van der Waals surface area contributed by atoms with Crippen molar-refractivity contribution in [3.63, 3.8) is 0 Å². The smallest absolute Gasteiger partial charge is 0.326 e. The fraction of sp³-hybridized carbons (Fsp3) is 0.622. The second kappa shape index (κ2) is 23.0. The molecule has 0 unspecified atom stereocenters. The van der Waals surface area contributed by atoms with E-state index in [-0.39, 0.29) is 57.1 Å². The van der Waals surface area contributed by atoms with Crippen molar-refractivity contribution in [1.82, 2.24) is 31.5 Å². The molecule has 0 aliphatic carbocycles. The molecule has 1 aliphatic rings. The topological polar surface area (TPSA) is 334 Å². The SMILES string of the molecule is CC(C)C[C@H](NC(=O)[C@@H](N)[C@@H](C)O)C(=O)N[C@@H](C)C(=O)N1CCC[C@H]1C(=O)N[C@H](C(=O)N[C@@H](Cc1ccccc1)C(=O)N[C@@H](CCCN=C(N)N)C(=O)O)[C@@H](C)O. The van der Waals surface area contributed by atoms with Crippen molar-refractivity contribution in [1.29, 1.82) is 0 Å². The molecule has 318 valence electrons. The van der Waals surface area contributed by atoms with Gasteiger partial charge in [0.15, 0.2) is 5.96 Å². The van der Waals surface area contributed by atoms with Crippen LogP contribution in [0.25, 0.3) is 0 Å². The number of hydrogen-bond acceptors (Lipinski definition) is 11. The molecule has 20 heteroatoms. The maximum Gasteiger partial charge on any atom is 0.326 e. The van der Waals surface area contributed by atoms with Crippen molar-refractivity contribution in [2.75, 3.05) is 13.1 Å². The molecule has 1 aromatic carbocycles. The van der Waals surface area contributed by atoms with Crippen LogP contribution >= 0.6 is 0 Å². The average Bonchev–Trinajstić information content (AvgIpc) is 3.63. The van der Waals surface area contributed by atoms with Crippen molar-refractivity contribution >= 4 is 47.4 Å². The lowest BCUT2D eigenvalue weighted by atomic mass is 10.0. The summed E-state index contributed by atoms with van der Waals surface area (Å²) >= 11 is 0. The van der Waals surface area contributed by atoms with Crippen LogP contribution in [0.4, 0.5) is 0 Å². The van der Waals surface area contributed by atoms with Gasteiger partial charge in [0.2, 0.25) is 35.4 Å². The summed E-state index contributed by atoms with van der Waals surface area (Å²) in [6.45, 7) is 7.95. The van der Waals surface area contributed by atoms with E-state index in [4.69, 9.17) is 17.2 Å². The number of aliphatic hydroxyl groups is 2. The summed E-state index contributed by atoms with van der Waals surface area (Å²) in [7, 11) is 0. The maximum absolute atomic E-state index is 13.7. The zero-order valence-electron chi connectivity index (χ0n) is 33.1. The van der Waals surface area contributed by atoms with E-state index < -0.39 is 95.9 Å². The van der Waals surface area contributed by atoms with Crippen LogP contribution in [-0.2, 0) is 40.0 Å². The van der Waals surface area contributed by atoms with E-state index in [0.717, 1.165) is 0 Å². The first-order chi connectivity index (χ1) is 26.7. The highest BCUT2D eigenvalue weighted by Gasteiger charge is 2.40. The Morgan fingerprint density at radius 1 is 0.807 bits per heavy atom. The molecule has 1 heterocycles. The lowest BCUT2D eigenvalue weighted by Crippen LogP contribution is -2.61. The van der Waals surface area contributed by atoms with Crippen LogP contribution in [-0.4, -0.2) is 135 Å². The standard InChI is InChI=1S/C37H60N10O10/c1-19(2)17-25(44-33(53)28(38)21(4)48)30(50)42-20(3)35(55)47-16-10-14-27(47)32(52)46-29(22(5)49)34(54)45-26(18-23-11-7-6-8-12-23)31(51)43-24(36(56)57)13-9-15-41-37(39)40/h6-8,11-12,19-22,24-29,48-49H,9-10,13-18,38H2,1-5H3,(H,42,50)(H,43,51)(H,44,53)(H,45,54)(H,46,52)(H,56,57)(H4,39,40,41)/t20-,21+,22+,24-,25-,26-,27-,28-,29-/m0/s1. The predicted octanol–water partition coefficient (Wildman–Crippen LogP) is -3.06. The minimum Gasteiger partial charge on any atom is -0.480 e. The summed E-state index contributed by atoms with van der Waals surface area (Å²) in [4.78, 5) is 97.3. The number of carbonyl (C=O) groups is 7. The second-order valence-electron chi connectivity index (χ2n) is 14.7. The zero-order valence-corrected chi connectivity index (χ0v) is 33.1. The number of carboxylic acids is 1. The molecule has 1 aromatic rings. The Morgan fingerprint density at radius 2 is 1.40 bits per heavy atom. The van der Waals surface area contributed by atoms with E-state index in [9.17, 15) is 48.9 Å². The average molecular weight is 805 g/mol. The monoisotopic (exact) mass is 804 g/mol. The van der Waals surface area contributed by atoms with E-state index in [1.54, 1.807) is 30.3 Å². The van der Waals surface area contributed by atoms with Gasteiger partial charge in [-0.3, -0.25) is 33.8 Å². The van der Waals surface area contributed by atoms with Crippen LogP contribution in [0.5, 0.6) is 0 Å². The molecule has 1 fully saturated rings. The Kier molecular flexibility index (Phi) is 19.3. The lowest BCUT2D eigenvalue weighted by Gasteiger charge is -2.30. The van der Waals surface area contributed by atoms with Gasteiger partial charge in [-0.15, -0.1) is 0 Å². The number of hydrogen-bond donors (Lipinski definition) is 11. The van der Waals surface area contributed by atoms with Crippen LogP contribution in [0.2, 0.25) is 0 Å². The van der Waals surface area contributed by atoms with E-state index in [0.29, 0.717) is 12.0 Å². The number of aliphatic imine (C=N–C) groups is 1. The fourth-order valence-corrected chi connectivity index (χ4v) is 6.13. The number of carbonyl (C=O) groups excluding carboxylic acids is 6. The summed E-state index contributed by atoms with van der Waals surface area (Å²) in [5, 5.41) is 42.7. The molecule has 2 rings (SSSR count). The highest BCUT2D eigenvalue weighted by molar-refractivity contribution is 5.97. The summed E-state index contributed by atoms with van der Waals surface area (Å²) in [5.74, 6) is -6.11. The maximum atomic E-state index is 13.7. The molecule has 0 aromatic heterocycles. The Bertz CT molecular complexity index is 1570. The number of likely N-dealkylation sites (tertiary alicyclic amines) is 1. The number of aliphatic hydroxyl groups excluding tert-OH is 2. The Morgan fingerprint density at radius 3 is 1.96 bits per heavy atom. The van der Waals surface area contributed by atoms with Crippen molar-refractivity contribution in [3.05, 3.63) is 35.9 Å². The van der Waals surface area contributed by atoms with Crippen LogP contribution < -0.4 is 43.8 Å². The lowest BCUT2D eigenvalue weighted by molar-refractivity contribution is -0.143. The van der Waals surface area contributed by atoms with Crippen molar-refractivity contribution in [2.24, 2.45) is 28.1 Å². The molecular formula is C37H60N10O10. The molecule has 1 aliphatic heterocycles. The number of nitrogens with two attached hydrogens (primary N) is 3. The minimum atomic E-state index is -1.60. The summed E-state index contributed by atoms with van der Waals surface area (Å²) in [5.41, 5.74) is 17.0. The summed E-state index contributed by atoms with van der Waals surface area (Å²) in [6.07, 6.45) is -1.69. The van der Waals surface area contributed by atoms with Crippen LogP contribution in [0, 0.1) is 5.92 Å². The third-order valence-corrected chi connectivity index (χ3v) is 9.27. The van der Waals surface area contributed by atoms with Gasteiger partial charge in [0.1, 0.15) is 42.3 Å². The Labute approximate surface area is 332 Å². The molecule has 14 N–H and O–H groups in total. The van der Waals surface area contributed by atoms with Gasteiger partial charge in [0.05, 0.1) is 12.2 Å². The first-order valence-electron chi connectivity index (χ1n) is 19.0. The Hall–Kier alpha value is -5.34. The quantitative estimate of drug-likeness (QED) is 0.0316. The third-order valence-electron chi connectivity index (χ3n) is 9.27. The Balaban J connectivity index is 2.20. The highest BCUT2D eigenvalue weighted by Crippen LogP contribution is 2.19. The van der Waals surface area contributed by atoms with Gasteiger partial charge in [0, 0.05) is 19.5 Å². The number of aliphatic carboxylic acids is 1. The van der Waals surface area contributed by atoms with Crippen molar-refractivity contribution < 1.29 is 48.9 Å². The molecule has 1 saturated heterocycles. The molecule has 6 amide bonds. The van der Waals surface area contributed by atoms with Gasteiger partial charge in [0.25, 0.3) is 0 Å². The van der Waals surface area contributed by atoms with Crippen LogP contribution in [0.3, 0.4) is 0 Å². The normalized spacial score (nSPS) is 18.1. The van der Waals surface area contributed by atoms with E-state index >= 15 is 0 Å². The van der Waals surface area contributed by atoms with E-state index in [1.165, 1.54) is 25.7 Å². The zero-order chi connectivity index (χ0) is 43.0. The highest BCUT2D eigenvalue weighted by atomic mass is 16.4. The van der Waals surface area contributed by atoms with Crippen molar-refractivity contribution in [3.8, 4) is 0 Å². The molecule has 0 bridgehead atoms. The van der Waals surface area contributed by atoms with Crippen molar-refractivity contribution in [2.45, 2.75) is 128 Å². The van der Waals surface area contributed by atoms with Gasteiger partial charge in [-0.05, 0) is 64.4 Å². The molecule has 0 spiro atoms. The molecule has 20 nitrogen and oxygen atoms in total. The largest absolute Gasteiger partial charge is 0.480 e. The van der Waals surface area contributed by atoms with Gasteiger partial charge in [-0.1, -0.05) is 44.2 Å². The van der Waals surface area contributed by atoms with Crippen LogP contribution in [0.15, 0.2) is 35.3 Å². The third kappa shape index (κ3) is 15.6. The second-order valence-corrected chi connectivity index (χ2v) is 14.7. The molecule has 57 heavy (non-hydrogen) atoms. The molecule has 0 saturated carbocycles. The number of carboxylic acid groups (broad SMARTS) is 1. The molecule has 0 radical (unpaired) electrons. The molecule has 9 atom stereocenters. The summed E-state index contributed by atoms with van der Waals surface area (Å²) in [6, 6.07) is -0.269. The van der Waals surface area contributed by atoms with E-state index in [1.807, 2.05) is 13.8 Å². The van der Waals surface area contributed by atoms with Crippen LogP contribution in [0.1, 0.15) is 72.3 Å².